The molecule has 0 aliphatic rings. The van der Waals surface area contributed by atoms with E-state index in [1.807, 2.05) is 0 Å². The third-order valence-electron chi connectivity index (χ3n) is 0. The number of hydrogen-bond donors (Lipinski definition) is 0. The molecule has 0 atom stereocenters. The zero-order valence-electron chi connectivity index (χ0n) is 6.33. The van der Waals surface area contributed by atoms with Gasteiger partial charge in [-0.3, -0.25) is 0 Å². The molecule has 64 valence electrons. The Kier molecular flexibility index (Phi) is 30.1. The second kappa shape index (κ2) is 13.1. The van der Waals surface area contributed by atoms with Crippen LogP contribution >= 0.6 is 22.2 Å². The first-order chi connectivity index (χ1) is 4.00. The molecule has 0 radical (unpaired) electrons. The van der Waals surface area contributed by atoms with Gasteiger partial charge in [0.2, 0.25) is 0 Å². The Balaban J connectivity index is -0.0000000267. The third-order valence-corrected chi connectivity index (χ3v) is 0. The van der Waals surface area contributed by atoms with Crippen molar-refractivity contribution < 1.29 is 28.8 Å². The fourth-order valence-electron chi connectivity index (χ4n) is 0. The molecule has 0 aliphatic carbocycles. The minimum atomic E-state index is -4.89. The van der Waals surface area contributed by atoms with Crippen LogP contribution in [0.3, 0.4) is 0 Å². The zero-order chi connectivity index (χ0) is 9.00. The molecule has 0 rings (SSSR count). The molecule has 0 aromatic carbocycles. The Bertz CT molecular complexity index is 66.9. The molecular weight excluding hydrogens is 296 g/mol. The Morgan fingerprint density at radius 1 is 0.538 bits per heavy atom. The predicted molar refractivity (Wildman–Crippen MR) is 40.5 cm³/mol. The molecule has 0 aromatic rings. The van der Waals surface area contributed by atoms with Gasteiger partial charge in [-0.2, -0.15) is 16.2 Å². The van der Waals surface area contributed by atoms with Gasteiger partial charge in [0.25, 0.3) is 0 Å². The van der Waals surface area contributed by atoms with Crippen molar-refractivity contribution in [2.45, 2.75) is 0 Å². The van der Waals surface area contributed by atoms with Gasteiger partial charge in [-0.15, -0.1) is 0 Å². The summed E-state index contributed by atoms with van der Waals surface area (Å²) in [6.07, 6.45) is 0. The van der Waals surface area contributed by atoms with Crippen molar-refractivity contribution in [3.8, 4) is 0 Å². The van der Waals surface area contributed by atoms with E-state index in [1.54, 1.807) is 0 Å². The molecule has 13 heavy (non-hydrogen) atoms. The van der Waals surface area contributed by atoms with Crippen molar-refractivity contribution >= 4 is 108 Å². The van der Waals surface area contributed by atoms with Gasteiger partial charge in [-0.25, -0.2) is 22.2 Å². The van der Waals surface area contributed by atoms with Crippen LogP contribution < -0.4 is 28.8 Å². The van der Waals surface area contributed by atoms with Crippen LogP contribution in [0.1, 0.15) is 0 Å². The standard InChI is InChI=1S/2ClO3Si.3Mg/c2*1-5(2,3)4;;;/q2*-3;3*+2. The predicted octanol–water partition coefficient (Wildman–Crippen LogP) is -7.66. The van der Waals surface area contributed by atoms with E-state index >= 15 is 0 Å². The Morgan fingerprint density at radius 3 is 0.538 bits per heavy atom. The normalized spacial score (nSPS) is 9.23. The number of hydrogen-bond acceptors (Lipinski definition) is 6. The van der Waals surface area contributed by atoms with E-state index in [9.17, 15) is 0 Å². The molecule has 0 amide bonds. The topological polar surface area (TPSA) is 138 Å². The first-order valence-corrected chi connectivity index (χ1v) is 7.08. The van der Waals surface area contributed by atoms with Crippen molar-refractivity contribution in [2.24, 2.45) is 0 Å². The molecule has 0 aromatic heterocycles. The third kappa shape index (κ3) is 273. The molecule has 0 aliphatic heterocycles. The van der Waals surface area contributed by atoms with E-state index in [2.05, 4.69) is 22.2 Å². The van der Waals surface area contributed by atoms with Crippen LogP contribution in [0.15, 0.2) is 0 Å². The average molecular weight is 296 g/mol. The number of halogens is 2. The first kappa shape index (κ1) is 29.8. The molecule has 0 saturated carbocycles. The summed E-state index contributed by atoms with van der Waals surface area (Å²) in [4.78, 5) is 53.4. The summed E-state index contributed by atoms with van der Waals surface area (Å²) in [7, 11) is -9.78. The van der Waals surface area contributed by atoms with Crippen LogP contribution in [-0.4, -0.2) is 85.4 Å². The van der Waals surface area contributed by atoms with Crippen LogP contribution in [0.2, 0.25) is 0 Å². The SMILES string of the molecule is [Mg+2].[Mg+2].[Mg+2].[O-][Si]([O-])([O-])Cl.[O-][Si]([O-])([O-])Cl. The fraction of sp³-hybridized carbons (Fsp3) is 0. The molecule has 13 heteroatoms. The van der Waals surface area contributed by atoms with Gasteiger partial charge in [-0.1, -0.05) is 0 Å². The van der Waals surface area contributed by atoms with Crippen LogP contribution in [0.4, 0.5) is 0 Å². The minimum Gasteiger partial charge on any atom is -0.870 e. The van der Waals surface area contributed by atoms with Crippen LogP contribution in [0.5, 0.6) is 0 Å². The Morgan fingerprint density at radius 2 is 0.538 bits per heavy atom. The maximum Gasteiger partial charge on any atom is 2.00 e. The largest absolute Gasteiger partial charge is 2.00 e. The summed E-state index contributed by atoms with van der Waals surface area (Å²) in [6.45, 7) is 0. The molecule has 0 N–H and O–H groups in total. The molecule has 0 bridgehead atoms. The summed E-state index contributed by atoms with van der Waals surface area (Å²) in [6, 6.07) is 0. The summed E-state index contributed by atoms with van der Waals surface area (Å²) < 4.78 is 0. The van der Waals surface area contributed by atoms with Gasteiger partial charge in [0.05, 0.1) is 0 Å². The molecule has 0 heterocycles. The molecule has 0 spiro atoms. The summed E-state index contributed by atoms with van der Waals surface area (Å²) in [5, 5.41) is 0. The Labute approximate surface area is 134 Å². The van der Waals surface area contributed by atoms with Crippen LogP contribution in [0, 0.1) is 0 Å². The van der Waals surface area contributed by atoms with Gasteiger partial charge >= 0.3 is 69.2 Å². The van der Waals surface area contributed by atoms with E-state index in [1.165, 1.54) is 0 Å². The van der Waals surface area contributed by atoms with E-state index in [0.29, 0.717) is 0 Å². The number of rotatable bonds is 0. The summed E-state index contributed by atoms with van der Waals surface area (Å²) >= 11 is 8.00. The smallest absolute Gasteiger partial charge is 0.870 e. The zero-order valence-corrected chi connectivity index (χ0v) is 14.1. The first-order valence-electron chi connectivity index (χ1n) is 1.60. The van der Waals surface area contributed by atoms with E-state index in [-0.39, 0.29) is 69.2 Å². The van der Waals surface area contributed by atoms with Crippen molar-refractivity contribution in [2.75, 3.05) is 0 Å². The average Bonchev–Trinajstić information content (AvgIpc) is 1.12. The Hall–Kier alpha value is 3.07. The maximum absolute atomic E-state index is 8.90. The minimum absolute atomic E-state index is 0. The molecule has 0 fully saturated rings. The van der Waals surface area contributed by atoms with E-state index < -0.39 is 16.2 Å². The van der Waals surface area contributed by atoms with Crippen molar-refractivity contribution in [3.63, 3.8) is 0 Å². The van der Waals surface area contributed by atoms with Crippen molar-refractivity contribution in [1.82, 2.24) is 0 Å². The molecule has 0 unspecified atom stereocenters. The van der Waals surface area contributed by atoms with E-state index in [4.69, 9.17) is 28.8 Å². The van der Waals surface area contributed by atoms with Gasteiger partial charge in [0.15, 0.2) is 0 Å². The molecular formula is Cl2Mg3O6Si2. The van der Waals surface area contributed by atoms with Crippen molar-refractivity contribution in [1.29, 1.82) is 0 Å². The van der Waals surface area contributed by atoms with Gasteiger partial charge in [0.1, 0.15) is 0 Å². The van der Waals surface area contributed by atoms with E-state index in [0.717, 1.165) is 0 Å². The second-order valence-corrected chi connectivity index (χ2v) is 5.67. The van der Waals surface area contributed by atoms with Gasteiger partial charge < -0.3 is 28.8 Å². The van der Waals surface area contributed by atoms with Crippen molar-refractivity contribution in [3.05, 3.63) is 0 Å². The molecule has 6 nitrogen and oxygen atoms in total. The fourth-order valence-corrected chi connectivity index (χ4v) is 0. The monoisotopic (exact) mass is 294 g/mol. The van der Waals surface area contributed by atoms with Crippen LogP contribution in [-0.2, 0) is 0 Å². The maximum atomic E-state index is 8.90. The van der Waals surface area contributed by atoms with Crippen LogP contribution in [0.25, 0.3) is 0 Å². The van der Waals surface area contributed by atoms with Gasteiger partial charge in [0, 0.05) is 0 Å². The second-order valence-electron chi connectivity index (χ2n) is 0.963. The molecule has 0 saturated heterocycles. The quantitative estimate of drug-likeness (QED) is 0.321. The summed E-state index contributed by atoms with van der Waals surface area (Å²) in [5.41, 5.74) is 0. The van der Waals surface area contributed by atoms with Gasteiger partial charge in [-0.05, 0) is 0 Å². The summed E-state index contributed by atoms with van der Waals surface area (Å²) in [5.74, 6) is 0.